The lowest BCUT2D eigenvalue weighted by Crippen LogP contribution is -2.37. The molecule has 0 bridgehead atoms. The van der Waals surface area contributed by atoms with Crippen LogP contribution >= 0.6 is 0 Å². The average molecular weight is 620 g/mol. The lowest BCUT2D eigenvalue weighted by molar-refractivity contribution is -0.138. The van der Waals surface area contributed by atoms with Gasteiger partial charge in [0.1, 0.15) is 5.82 Å². The second-order valence-corrected chi connectivity index (χ2v) is 12.0. The standard InChI is InChI=1S/C39H42FN3O3/c1-2-11-32(27-38(44)45)37(23-25-42(28-31-14-7-4-8-15-31)24-22-29-12-5-3-6-13-29)43-39(46)35-17-10-9-16-34(35)36(41-43)26-30-18-20-33(40)21-19-30/h3-10,12-21,32,37H,2,11,22-28H2,1H3,(H,44,45). The lowest BCUT2D eigenvalue weighted by atomic mass is 9.89. The van der Waals surface area contributed by atoms with Gasteiger partial charge in [-0.15, -0.1) is 0 Å². The Bertz CT molecular complexity index is 1760. The number of fused-ring (bicyclic) bond motifs is 1. The van der Waals surface area contributed by atoms with Crippen LogP contribution in [0, 0.1) is 11.7 Å². The van der Waals surface area contributed by atoms with Crippen molar-refractivity contribution in [3.8, 4) is 0 Å². The molecule has 7 heteroatoms. The molecule has 0 fully saturated rings. The van der Waals surface area contributed by atoms with E-state index in [0.29, 0.717) is 36.9 Å². The Morgan fingerprint density at radius 2 is 1.43 bits per heavy atom. The molecule has 0 saturated heterocycles. The zero-order chi connectivity index (χ0) is 32.3. The summed E-state index contributed by atoms with van der Waals surface area (Å²) in [5.74, 6) is -1.47. The number of hydrogen-bond acceptors (Lipinski definition) is 4. The normalized spacial score (nSPS) is 12.8. The molecule has 1 heterocycles. The van der Waals surface area contributed by atoms with E-state index < -0.39 is 12.0 Å². The molecule has 4 aromatic carbocycles. The van der Waals surface area contributed by atoms with E-state index in [9.17, 15) is 19.1 Å². The molecule has 1 aromatic heterocycles. The number of carboxylic acids is 1. The van der Waals surface area contributed by atoms with Crippen LogP contribution in [-0.2, 0) is 24.2 Å². The topological polar surface area (TPSA) is 75.4 Å². The van der Waals surface area contributed by atoms with Gasteiger partial charge in [0.05, 0.1) is 23.5 Å². The van der Waals surface area contributed by atoms with Crippen LogP contribution in [0.5, 0.6) is 0 Å². The van der Waals surface area contributed by atoms with E-state index in [0.717, 1.165) is 36.9 Å². The summed E-state index contributed by atoms with van der Waals surface area (Å²) >= 11 is 0. The highest BCUT2D eigenvalue weighted by Gasteiger charge is 2.29. The van der Waals surface area contributed by atoms with Gasteiger partial charge in [-0.3, -0.25) is 14.5 Å². The minimum atomic E-state index is -0.881. The molecule has 0 aliphatic carbocycles. The summed E-state index contributed by atoms with van der Waals surface area (Å²) in [5, 5.41) is 16.2. The zero-order valence-electron chi connectivity index (χ0n) is 26.4. The number of carboxylic acid groups (broad SMARTS) is 1. The summed E-state index contributed by atoms with van der Waals surface area (Å²) in [6.45, 7) is 4.27. The summed E-state index contributed by atoms with van der Waals surface area (Å²) < 4.78 is 15.3. The van der Waals surface area contributed by atoms with Gasteiger partial charge in [0, 0.05) is 31.4 Å². The molecule has 2 atom stereocenters. The van der Waals surface area contributed by atoms with Gasteiger partial charge in [-0.05, 0) is 60.1 Å². The lowest BCUT2D eigenvalue weighted by Gasteiger charge is -2.31. The summed E-state index contributed by atoms with van der Waals surface area (Å²) in [6, 6.07) is 34.1. The monoisotopic (exact) mass is 619 g/mol. The van der Waals surface area contributed by atoms with Gasteiger partial charge in [0.2, 0.25) is 0 Å². The molecule has 0 saturated carbocycles. The highest BCUT2D eigenvalue weighted by atomic mass is 19.1. The number of nitrogens with zero attached hydrogens (tertiary/aromatic N) is 3. The fourth-order valence-electron chi connectivity index (χ4n) is 6.37. The van der Waals surface area contributed by atoms with Crippen LogP contribution in [0.1, 0.15) is 61.0 Å². The van der Waals surface area contributed by atoms with E-state index >= 15 is 0 Å². The molecule has 0 aliphatic rings. The number of benzene rings is 4. The summed E-state index contributed by atoms with van der Waals surface area (Å²) in [4.78, 5) is 28.7. The Labute approximate surface area is 270 Å². The zero-order valence-corrected chi connectivity index (χ0v) is 26.4. The van der Waals surface area contributed by atoms with Crippen LogP contribution in [-0.4, -0.2) is 38.8 Å². The van der Waals surface area contributed by atoms with Crippen molar-refractivity contribution in [1.29, 1.82) is 0 Å². The third-order valence-electron chi connectivity index (χ3n) is 8.69. The average Bonchev–Trinajstić information content (AvgIpc) is 3.07. The molecule has 0 amide bonds. The van der Waals surface area contributed by atoms with E-state index in [1.807, 2.05) is 55.5 Å². The van der Waals surface area contributed by atoms with E-state index in [1.54, 1.807) is 16.8 Å². The maximum Gasteiger partial charge on any atom is 0.303 e. The van der Waals surface area contributed by atoms with Crippen molar-refractivity contribution in [2.45, 2.75) is 58.0 Å². The number of rotatable bonds is 16. The van der Waals surface area contributed by atoms with Gasteiger partial charge in [-0.25, -0.2) is 9.07 Å². The molecule has 0 aliphatic heterocycles. The molecular weight excluding hydrogens is 577 g/mol. The Hall–Kier alpha value is -4.62. The van der Waals surface area contributed by atoms with E-state index in [-0.39, 0.29) is 23.7 Å². The predicted octanol–water partition coefficient (Wildman–Crippen LogP) is 7.69. The largest absolute Gasteiger partial charge is 0.481 e. The van der Waals surface area contributed by atoms with Crippen molar-refractivity contribution in [2.75, 3.05) is 13.1 Å². The second kappa shape index (κ2) is 16.1. The second-order valence-electron chi connectivity index (χ2n) is 12.0. The number of aliphatic carboxylic acids is 1. The minimum Gasteiger partial charge on any atom is -0.481 e. The number of hydrogen-bond donors (Lipinski definition) is 1. The number of carbonyl (C=O) groups is 1. The highest BCUT2D eigenvalue weighted by Crippen LogP contribution is 2.30. The maximum absolute atomic E-state index is 14.1. The Kier molecular flexibility index (Phi) is 11.5. The van der Waals surface area contributed by atoms with Gasteiger partial charge >= 0.3 is 5.97 Å². The van der Waals surface area contributed by atoms with Crippen molar-refractivity contribution in [3.05, 3.63) is 148 Å². The first kappa shape index (κ1) is 32.8. The van der Waals surface area contributed by atoms with Crippen LogP contribution in [0.4, 0.5) is 4.39 Å². The molecule has 238 valence electrons. The molecule has 0 spiro atoms. The first-order valence-electron chi connectivity index (χ1n) is 16.2. The maximum atomic E-state index is 14.1. The number of aromatic nitrogens is 2. The molecular formula is C39H42FN3O3. The van der Waals surface area contributed by atoms with Crippen LogP contribution in [0.15, 0.2) is 114 Å². The Morgan fingerprint density at radius 1 is 0.804 bits per heavy atom. The third kappa shape index (κ3) is 8.76. The molecule has 1 N–H and O–H groups in total. The van der Waals surface area contributed by atoms with Crippen molar-refractivity contribution >= 4 is 16.7 Å². The van der Waals surface area contributed by atoms with Gasteiger partial charge < -0.3 is 5.11 Å². The SMILES string of the molecule is CCCC(CC(=O)O)C(CCN(CCc1ccccc1)Cc1ccccc1)n1nc(Cc2ccc(F)cc2)c2ccccc2c1=O. The van der Waals surface area contributed by atoms with Gasteiger partial charge in [0.25, 0.3) is 5.56 Å². The van der Waals surface area contributed by atoms with Crippen LogP contribution in [0.25, 0.3) is 10.8 Å². The first-order valence-corrected chi connectivity index (χ1v) is 16.2. The minimum absolute atomic E-state index is 0.0462. The molecule has 2 unspecified atom stereocenters. The summed E-state index contributed by atoms with van der Waals surface area (Å²) in [6.07, 6.45) is 3.27. The predicted molar refractivity (Wildman–Crippen MR) is 181 cm³/mol. The van der Waals surface area contributed by atoms with Gasteiger partial charge in [0.15, 0.2) is 0 Å². The van der Waals surface area contributed by atoms with E-state index in [2.05, 4.69) is 41.3 Å². The van der Waals surface area contributed by atoms with Gasteiger partial charge in [-0.1, -0.05) is 104 Å². The molecule has 5 aromatic rings. The van der Waals surface area contributed by atoms with E-state index in [1.165, 1.54) is 23.3 Å². The number of halogens is 1. The first-order chi connectivity index (χ1) is 22.4. The van der Waals surface area contributed by atoms with Crippen molar-refractivity contribution < 1.29 is 14.3 Å². The Morgan fingerprint density at radius 3 is 2.09 bits per heavy atom. The summed E-state index contributed by atoms with van der Waals surface area (Å²) in [7, 11) is 0. The third-order valence-corrected chi connectivity index (χ3v) is 8.69. The molecule has 6 nitrogen and oxygen atoms in total. The van der Waals surface area contributed by atoms with Crippen molar-refractivity contribution in [1.82, 2.24) is 14.7 Å². The van der Waals surface area contributed by atoms with Crippen LogP contribution < -0.4 is 5.56 Å². The van der Waals surface area contributed by atoms with Crippen LogP contribution in [0.2, 0.25) is 0 Å². The van der Waals surface area contributed by atoms with Gasteiger partial charge in [-0.2, -0.15) is 5.10 Å². The quantitative estimate of drug-likeness (QED) is 0.123. The fourth-order valence-corrected chi connectivity index (χ4v) is 6.37. The Balaban J connectivity index is 1.52. The van der Waals surface area contributed by atoms with Crippen LogP contribution in [0.3, 0.4) is 0 Å². The summed E-state index contributed by atoms with van der Waals surface area (Å²) in [5.41, 5.74) is 3.83. The van der Waals surface area contributed by atoms with E-state index in [4.69, 9.17) is 5.10 Å². The smallest absolute Gasteiger partial charge is 0.303 e. The van der Waals surface area contributed by atoms with Crippen molar-refractivity contribution in [3.63, 3.8) is 0 Å². The molecule has 46 heavy (non-hydrogen) atoms. The van der Waals surface area contributed by atoms with Crippen molar-refractivity contribution in [2.24, 2.45) is 5.92 Å². The molecule has 5 rings (SSSR count). The fraction of sp³-hybridized carbons (Fsp3) is 0.308. The molecule has 0 radical (unpaired) electrons. The highest BCUT2D eigenvalue weighted by molar-refractivity contribution is 5.83.